The van der Waals surface area contributed by atoms with Crippen LogP contribution in [0.5, 0.6) is 0 Å². The van der Waals surface area contributed by atoms with Crippen LogP contribution in [0.15, 0.2) is 42.5 Å². The molecular weight excluding hydrogens is 322 g/mol. The molecule has 0 bridgehead atoms. The SMILES string of the molecule is Cc1ccccc1CN1CCC2(CCc3ccc(C(=O)CO)cc3C2)C1. The molecule has 1 N–H and O–H groups in total. The van der Waals surface area contributed by atoms with Crippen LogP contribution in [0.2, 0.25) is 0 Å². The number of hydrogen-bond acceptors (Lipinski definition) is 3. The number of aryl methyl sites for hydroxylation is 2. The summed E-state index contributed by atoms with van der Waals surface area (Å²) in [5, 5.41) is 9.14. The zero-order valence-corrected chi connectivity index (χ0v) is 15.5. The summed E-state index contributed by atoms with van der Waals surface area (Å²) in [5.74, 6) is -0.181. The lowest BCUT2D eigenvalue weighted by molar-refractivity contribution is 0.0903. The number of nitrogens with zero attached hydrogens (tertiary/aromatic N) is 1. The van der Waals surface area contributed by atoms with Gasteiger partial charge in [0, 0.05) is 18.7 Å². The molecule has 0 amide bonds. The van der Waals surface area contributed by atoms with Crippen molar-refractivity contribution in [3.05, 3.63) is 70.3 Å². The number of fused-ring (bicyclic) bond motifs is 1. The van der Waals surface area contributed by atoms with Gasteiger partial charge in [-0.15, -0.1) is 0 Å². The number of aliphatic hydroxyl groups excluding tert-OH is 1. The maximum atomic E-state index is 11.8. The van der Waals surface area contributed by atoms with Crippen LogP contribution >= 0.6 is 0 Å². The first-order valence-electron chi connectivity index (χ1n) is 9.61. The Morgan fingerprint density at radius 1 is 1.15 bits per heavy atom. The van der Waals surface area contributed by atoms with E-state index in [0.717, 1.165) is 32.5 Å². The standard InChI is InChI=1S/C23H27NO2/c1-17-4-2-3-5-20(17)14-24-11-10-23(16-24)9-8-18-6-7-19(22(26)15-25)12-21(18)13-23/h2-7,12,25H,8-11,13-16H2,1H3. The maximum absolute atomic E-state index is 11.8. The molecule has 136 valence electrons. The summed E-state index contributed by atoms with van der Waals surface area (Å²) >= 11 is 0. The molecule has 3 heteroatoms. The molecule has 2 aromatic rings. The summed E-state index contributed by atoms with van der Waals surface area (Å²) in [7, 11) is 0. The minimum absolute atomic E-state index is 0.181. The molecule has 3 nitrogen and oxygen atoms in total. The molecular formula is C23H27NO2. The van der Waals surface area contributed by atoms with E-state index < -0.39 is 6.61 Å². The molecule has 2 aromatic carbocycles. The van der Waals surface area contributed by atoms with Gasteiger partial charge >= 0.3 is 0 Å². The highest BCUT2D eigenvalue weighted by Gasteiger charge is 2.40. The van der Waals surface area contributed by atoms with E-state index in [1.807, 2.05) is 12.1 Å². The fourth-order valence-corrected chi connectivity index (χ4v) is 4.73. The zero-order chi connectivity index (χ0) is 18.1. The van der Waals surface area contributed by atoms with Crippen LogP contribution in [0.1, 0.15) is 45.5 Å². The van der Waals surface area contributed by atoms with E-state index in [0.29, 0.717) is 11.0 Å². The van der Waals surface area contributed by atoms with E-state index in [2.05, 4.69) is 42.2 Å². The molecule has 26 heavy (non-hydrogen) atoms. The van der Waals surface area contributed by atoms with Crippen molar-refractivity contribution < 1.29 is 9.90 Å². The second-order valence-corrected chi connectivity index (χ2v) is 8.13. The van der Waals surface area contributed by atoms with E-state index in [1.54, 1.807) is 0 Å². The first kappa shape index (κ1) is 17.4. The largest absolute Gasteiger partial charge is 0.388 e. The van der Waals surface area contributed by atoms with Crippen molar-refractivity contribution in [2.24, 2.45) is 5.41 Å². The lowest BCUT2D eigenvalue weighted by atomic mass is 9.70. The predicted octanol–water partition coefficient (Wildman–Crippen LogP) is 3.55. The van der Waals surface area contributed by atoms with Gasteiger partial charge in [-0.25, -0.2) is 0 Å². The van der Waals surface area contributed by atoms with Gasteiger partial charge in [0.05, 0.1) is 0 Å². The van der Waals surface area contributed by atoms with Crippen LogP contribution in [-0.4, -0.2) is 35.5 Å². The topological polar surface area (TPSA) is 40.5 Å². The Morgan fingerprint density at radius 3 is 2.81 bits per heavy atom. The van der Waals surface area contributed by atoms with Crippen molar-refractivity contribution in [2.75, 3.05) is 19.7 Å². The third-order valence-corrected chi connectivity index (χ3v) is 6.33. The van der Waals surface area contributed by atoms with Gasteiger partial charge in [0.2, 0.25) is 0 Å². The van der Waals surface area contributed by atoms with Crippen molar-refractivity contribution in [3.63, 3.8) is 0 Å². The normalized spacial score (nSPS) is 22.5. The fraction of sp³-hybridized carbons (Fsp3) is 0.435. The van der Waals surface area contributed by atoms with Crippen LogP contribution in [-0.2, 0) is 19.4 Å². The average Bonchev–Trinajstić information content (AvgIpc) is 3.04. The van der Waals surface area contributed by atoms with Crippen molar-refractivity contribution in [2.45, 2.75) is 39.2 Å². The summed E-state index contributed by atoms with van der Waals surface area (Å²) in [4.78, 5) is 14.4. The molecule has 0 aromatic heterocycles. The van der Waals surface area contributed by atoms with Crippen LogP contribution in [0.25, 0.3) is 0 Å². The van der Waals surface area contributed by atoms with Crippen molar-refractivity contribution >= 4 is 5.78 Å². The molecule has 1 heterocycles. The third kappa shape index (κ3) is 3.34. The van der Waals surface area contributed by atoms with Crippen molar-refractivity contribution in [1.82, 2.24) is 4.90 Å². The number of Topliss-reactive ketones (excluding diaryl/α,β-unsaturated/α-hetero) is 1. The van der Waals surface area contributed by atoms with Gasteiger partial charge in [0.15, 0.2) is 5.78 Å². The first-order chi connectivity index (χ1) is 12.6. The molecule has 1 saturated heterocycles. The molecule has 2 aliphatic rings. The quantitative estimate of drug-likeness (QED) is 0.858. The Balaban J connectivity index is 1.49. The van der Waals surface area contributed by atoms with Crippen LogP contribution in [0.3, 0.4) is 0 Å². The maximum Gasteiger partial charge on any atom is 0.188 e. The van der Waals surface area contributed by atoms with E-state index in [4.69, 9.17) is 5.11 Å². The number of aliphatic hydroxyl groups is 1. The number of carbonyl (C=O) groups is 1. The van der Waals surface area contributed by atoms with Gasteiger partial charge < -0.3 is 5.11 Å². The number of benzene rings is 2. The molecule has 1 aliphatic carbocycles. The molecule has 1 aliphatic heterocycles. The second-order valence-electron chi connectivity index (χ2n) is 8.13. The van der Waals surface area contributed by atoms with Gasteiger partial charge in [0.25, 0.3) is 0 Å². The van der Waals surface area contributed by atoms with E-state index in [9.17, 15) is 4.79 Å². The number of hydrogen-bond donors (Lipinski definition) is 1. The number of carbonyl (C=O) groups excluding carboxylic acids is 1. The monoisotopic (exact) mass is 349 g/mol. The smallest absolute Gasteiger partial charge is 0.188 e. The summed E-state index contributed by atoms with van der Waals surface area (Å²) in [6, 6.07) is 14.7. The van der Waals surface area contributed by atoms with E-state index >= 15 is 0 Å². The molecule has 4 rings (SSSR count). The number of rotatable bonds is 4. The van der Waals surface area contributed by atoms with Crippen LogP contribution in [0, 0.1) is 12.3 Å². The molecule has 1 atom stereocenters. The lowest BCUT2D eigenvalue weighted by Crippen LogP contribution is -2.32. The highest BCUT2D eigenvalue weighted by Crippen LogP contribution is 2.43. The van der Waals surface area contributed by atoms with Gasteiger partial charge in [-0.1, -0.05) is 36.4 Å². The lowest BCUT2D eigenvalue weighted by Gasteiger charge is -2.35. The summed E-state index contributed by atoms with van der Waals surface area (Å²) in [6.07, 6.45) is 4.62. The van der Waals surface area contributed by atoms with Gasteiger partial charge in [-0.05, 0) is 72.9 Å². The Morgan fingerprint density at radius 2 is 2.00 bits per heavy atom. The summed E-state index contributed by atoms with van der Waals surface area (Å²) in [6.45, 7) is 5.11. The molecule has 0 saturated carbocycles. The van der Waals surface area contributed by atoms with Crippen molar-refractivity contribution in [1.29, 1.82) is 0 Å². The highest BCUT2D eigenvalue weighted by molar-refractivity contribution is 5.97. The molecule has 0 radical (unpaired) electrons. The molecule has 1 spiro atoms. The van der Waals surface area contributed by atoms with Gasteiger partial charge in [-0.2, -0.15) is 0 Å². The van der Waals surface area contributed by atoms with Gasteiger partial charge in [-0.3, -0.25) is 9.69 Å². The average molecular weight is 349 g/mol. The summed E-state index contributed by atoms with van der Waals surface area (Å²) < 4.78 is 0. The Labute approximate surface area is 155 Å². The molecule has 1 unspecified atom stereocenters. The van der Waals surface area contributed by atoms with Crippen LogP contribution < -0.4 is 0 Å². The zero-order valence-electron chi connectivity index (χ0n) is 15.5. The second kappa shape index (κ2) is 6.98. The summed E-state index contributed by atoms with van der Waals surface area (Å²) in [5.41, 5.74) is 6.48. The van der Waals surface area contributed by atoms with E-state index in [-0.39, 0.29) is 5.78 Å². The van der Waals surface area contributed by atoms with E-state index in [1.165, 1.54) is 35.1 Å². The number of ketones is 1. The van der Waals surface area contributed by atoms with Gasteiger partial charge in [0.1, 0.15) is 6.61 Å². The molecule has 1 fully saturated rings. The van der Waals surface area contributed by atoms with Crippen LogP contribution in [0.4, 0.5) is 0 Å². The Bertz CT molecular complexity index is 829. The fourth-order valence-electron chi connectivity index (χ4n) is 4.73. The minimum atomic E-state index is -0.409. The minimum Gasteiger partial charge on any atom is -0.388 e. The first-order valence-corrected chi connectivity index (χ1v) is 9.61. The Kier molecular flexibility index (Phi) is 4.68. The Hall–Kier alpha value is -1.97. The van der Waals surface area contributed by atoms with Crippen molar-refractivity contribution in [3.8, 4) is 0 Å². The predicted molar refractivity (Wildman–Crippen MR) is 103 cm³/mol. The number of likely N-dealkylation sites (tertiary alicyclic amines) is 1. The third-order valence-electron chi connectivity index (χ3n) is 6.33. The highest BCUT2D eigenvalue weighted by atomic mass is 16.3.